The monoisotopic (exact) mass is 391 g/mol. The van der Waals surface area contributed by atoms with Gasteiger partial charge in [-0.2, -0.15) is 0 Å². The van der Waals surface area contributed by atoms with Gasteiger partial charge in [0.1, 0.15) is 0 Å². The molecule has 0 fully saturated rings. The topological polar surface area (TPSA) is 185 Å². The van der Waals surface area contributed by atoms with Gasteiger partial charge in [0, 0.05) is 19.4 Å². The number of carboxylic acids is 2. The number of hydrogen-bond acceptors (Lipinski definition) is 7. The van der Waals surface area contributed by atoms with Crippen molar-refractivity contribution < 1.29 is 37.8 Å². The average molecular weight is 391 g/mol. The molecule has 0 aliphatic heterocycles. The lowest BCUT2D eigenvalue weighted by Crippen LogP contribution is -2.29. The number of primary sulfonamides is 1. The fourth-order valence-electron chi connectivity index (χ4n) is 1.50. The van der Waals surface area contributed by atoms with Gasteiger partial charge in [-0.3, -0.25) is 4.79 Å². The molecular formula is C14H21N3O8S. The van der Waals surface area contributed by atoms with Crippen LogP contribution in [0.15, 0.2) is 29.2 Å². The molecule has 0 atom stereocenters. The smallest absolute Gasteiger partial charge is 0.414 e. The van der Waals surface area contributed by atoms with Crippen LogP contribution in [0.2, 0.25) is 0 Å². The van der Waals surface area contributed by atoms with Crippen molar-refractivity contribution in [2.45, 2.75) is 11.3 Å². The van der Waals surface area contributed by atoms with Crippen LogP contribution < -0.4 is 15.8 Å². The summed E-state index contributed by atoms with van der Waals surface area (Å²) in [5, 5.41) is 25.3. The molecule has 0 spiro atoms. The molecule has 146 valence electrons. The Morgan fingerprint density at radius 1 is 1.19 bits per heavy atom. The van der Waals surface area contributed by atoms with Crippen LogP contribution in [0.25, 0.3) is 0 Å². The molecule has 0 saturated carbocycles. The number of anilines is 1. The minimum Gasteiger partial charge on any atom is -0.473 e. The maximum atomic E-state index is 11.6. The molecule has 0 aliphatic carbocycles. The number of amides is 1. The first-order valence-electron chi connectivity index (χ1n) is 7.16. The quantitative estimate of drug-likeness (QED) is 0.275. The highest BCUT2D eigenvalue weighted by atomic mass is 32.2. The maximum absolute atomic E-state index is 11.6. The second-order valence-corrected chi connectivity index (χ2v) is 6.32. The normalized spacial score (nSPS) is 10.4. The lowest BCUT2D eigenvalue weighted by molar-refractivity contribution is -0.159. The third-order valence-corrected chi connectivity index (χ3v) is 3.53. The van der Waals surface area contributed by atoms with Crippen LogP contribution in [-0.4, -0.2) is 63.3 Å². The van der Waals surface area contributed by atoms with Crippen LogP contribution in [0.4, 0.5) is 5.69 Å². The minimum atomic E-state index is -3.77. The number of nitrogens with two attached hydrogens (primary N) is 1. The van der Waals surface area contributed by atoms with Crippen molar-refractivity contribution >= 4 is 33.6 Å². The molecule has 26 heavy (non-hydrogen) atoms. The molecule has 0 aliphatic rings. The summed E-state index contributed by atoms with van der Waals surface area (Å²) in [6.07, 6.45) is 0.810. The second-order valence-electron chi connectivity index (χ2n) is 4.75. The SMILES string of the molecule is COCCCNCC(=O)Nc1cccc(S(N)(=O)=O)c1.O=C(O)C(=O)O. The highest BCUT2D eigenvalue weighted by Gasteiger charge is 2.09. The Balaban J connectivity index is 0.000000896. The van der Waals surface area contributed by atoms with Crippen molar-refractivity contribution in [2.75, 3.05) is 32.1 Å². The number of methoxy groups -OCH3 is 1. The Morgan fingerprint density at radius 3 is 2.31 bits per heavy atom. The predicted molar refractivity (Wildman–Crippen MR) is 91.1 cm³/mol. The van der Waals surface area contributed by atoms with E-state index in [2.05, 4.69) is 10.6 Å². The van der Waals surface area contributed by atoms with Gasteiger partial charge in [0.15, 0.2) is 0 Å². The number of aliphatic carboxylic acids is 2. The number of rotatable bonds is 8. The highest BCUT2D eigenvalue weighted by molar-refractivity contribution is 7.89. The van der Waals surface area contributed by atoms with E-state index in [1.807, 2.05) is 0 Å². The minimum absolute atomic E-state index is 0.0386. The van der Waals surface area contributed by atoms with Gasteiger partial charge in [-0.15, -0.1) is 0 Å². The fraction of sp³-hybridized carbons (Fsp3) is 0.357. The molecule has 1 aromatic rings. The Bertz CT molecular complexity index is 709. The molecule has 0 aromatic heterocycles. The molecule has 1 aromatic carbocycles. The van der Waals surface area contributed by atoms with Crippen molar-refractivity contribution in [3.8, 4) is 0 Å². The van der Waals surface area contributed by atoms with E-state index in [1.165, 1.54) is 18.2 Å². The number of hydrogen-bond donors (Lipinski definition) is 5. The zero-order chi connectivity index (χ0) is 20.2. The summed E-state index contributed by atoms with van der Waals surface area (Å²) in [6, 6.07) is 5.80. The van der Waals surface area contributed by atoms with E-state index in [4.69, 9.17) is 29.7 Å². The number of sulfonamides is 1. The Kier molecular flexibility index (Phi) is 10.8. The third kappa shape index (κ3) is 11.1. The summed E-state index contributed by atoms with van der Waals surface area (Å²) in [4.78, 5) is 29.8. The van der Waals surface area contributed by atoms with Crippen LogP contribution in [0.3, 0.4) is 0 Å². The van der Waals surface area contributed by atoms with E-state index in [0.29, 0.717) is 18.8 Å². The van der Waals surface area contributed by atoms with Gasteiger partial charge >= 0.3 is 11.9 Å². The average Bonchev–Trinajstić information content (AvgIpc) is 2.54. The standard InChI is InChI=1S/C12H19N3O4S.C2H2O4/c1-19-7-3-6-14-9-12(16)15-10-4-2-5-11(8-10)20(13,17)18;3-1(4)2(5)6/h2,4-5,8,14H,3,6-7,9H2,1H3,(H,15,16)(H2,13,17,18);(H,3,4)(H,5,6). The van der Waals surface area contributed by atoms with E-state index in [9.17, 15) is 13.2 Å². The van der Waals surface area contributed by atoms with Crippen LogP contribution in [0.5, 0.6) is 0 Å². The summed E-state index contributed by atoms with van der Waals surface area (Å²) in [5.74, 6) is -3.90. The van der Waals surface area contributed by atoms with E-state index < -0.39 is 22.0 Å². The molecule has 0 heterocycles. The number of nitrogens with one attached hydrogen (secondary N) is 2. The Morgan fingerprint density at radius 2 is 1.81 bits per heavy atom. The van der Waals surface area contributed by atoms with Crippen LogP contribution in [0.1, 0.15) is 6.42 Å². The molecule has 6 N–H and O–H groups in total. The van der Waals surface area contributed by atoms with Gasteiger partial charge in [0.2, 0.25) is 15.9 Å². The van der Waals surface area contributed by atoms with Gasteiger partial charge in [0.05, 0.1) is 11.4 Å². The van der Waals surface area contributed by atoms with Crippen LogP contribution >= 0.6 is 0 Å². The molecule has 0 unspecified atom stereocenters. The zero-order valence-electron chi connectivity index (χ0n) is 14.0. The van der Waals surface area contributed by atoms with Crippen molar-refractivity contribution in [1.82, 2.24) is 5.32 Å². The zero-order valence-corrected chi connectivity index (χ0v) is 14.8. The van der Waals surface area contributed by atoms with Crippen LogP contribution in [0, 0.1) is 0 Å². The number of carboxylic acid groups (broad SMARTS) is 2. The number of ether oxygens (including phenoxy) is 1. The summed E-state index contributed by atoms with van der Waals surface area (Å²) in [7, 11) is -2.15. The number of carbonyl (C=O) groups excluding carboxylic acids is 1. The molecule has 11 nitrogen and oxygen atoms in total. The van der Waals surface area contributed by atoms with E-state index >= 15 is 0 Å². The number of benzene rings is 1. The van der Waals surface area contributed by atoms with Crippen molar-refractivity contribution in [3.05, 3.63) is 24.3 Å². The van der Waals surface area contributed by atoms with Crippen molar-refractivity contribution in [3.63, 3.8) is 0 Å². The third-order valence-electron chi connectivity index (χ3n) is 2.62. The van der Waals surface area contributed by atoms with Gasteiger partial charge < -0.3 is 25.6 Å². The molecular weight excluding hydrogens is 370 g/mol. The van der Waals surface area contributed by atoms with Gasteiger partial charge in [-0.25, -0.2) is 23.1 Å². The van der Waals surface area contributed by atoms with E-state index in [0.717, 1.165) is 6.42 Å². The van der Waals surface area contributed by atoms with E-state index in [1.54, 1.807) is 13.2 Å². The Hall–Kier alpha value is -2.54. The van der Waals surface area contributed by atoms with Gasteiger partial charge in [-0.05, 0) is 31.2 Å². The first-order chi connectivity index (χ1) is 12.1. The first-order valence-corrected chi connectivity index (χ1v) is 8.71. The fourth-order valence-corrected chi connectivity index (χ4v) is 2.06. The van der Waals surface area contributed by atoms with E-state index in [-0.39, 0.29) is 17.3 Å². The highest BCUT2D eigenvalue weighted by Crippen LogP contribution is 2.13. The molecule has 1 rings (SSSR count). The van der Waals surface area contributed by atoms with Crippen molar-refractivity contribution in [1.29, 1.82) is 0 Å². The summed E-state index contributed by atoms with van der Waals surface area (Å²) >= 11 is 0. The lowest BCUT2D eigenvalue weighted by atomic mass is 10.3. The van der Waals surface area contributed by atoms with Crippen molar-refractivity contribution in [2.24, 2.45) is 5.14 Å². The second kappa shape index (κ2) is 11.9. The van der Waals surface area contributed by atoms with Gasteiger partial charge in [-0.1, -0.05) is 6.07 Å². The lowest BCUT2D eigenvalue weighted by Gasteiger charge is -2.07. The first kappa shape index (κ1) is 23.5. The molecule has 1 amide bonds. The molecule has 0 saturated heterocycles. The molecule has 12 heteroatoms. The summed E-state index contributed by atoms with van der Waals surface area (Å²) < 4.78 is 27.2. The number of carbonyl (C=O) groups is 3. The largest absolute Gasteiger partial charge is 0.473 e. The van der Waals surface area contributed by atoms with Gasteiger partial charge in [0.25, 0.3) is 0 Å². The maximum Gasteiger partial charge on any atom is 0.414 e. The predicted octanol–water partition coefficient (Wildman–Crippen LogP) is -0.946. The Labute approximate surface area is 150 Å². The molecule has 0 radical (unpaired) electrons. The summed E-state index contributed by atoms with van der Waals surface area (Å²) in [5.41, 5.74) is 0.389. The molecule has 0 bridgehead atoms. The summed E-state index contributed by atoms with van der Waals surface area (Å²) in [6.45, 7) is 1.44. The van der Waals surface area contributed by atoms with Crippen LogP contribution in [-0.2, 0) is 29.1 Å².